The van der Waals surface area contributed by atoms with Gasteiger partial charge in [-0.05, 0) is 29.8 Å². The van der Waals surface area contributed by atoms with E-state index in [9.17, 15) is 23.6 Å². The summed E-state index contributed by atoms with van der Waals surface area (Å²) in [6.07, 6.45) is 0. The Morgan fingerprint density at radius 1 is 1.27 bits per heavy atom. The zero-order chi connectivity index (χ0) is 19.5. The topological polar surface area (TPSA) is 136 Å². The van der Waals surface area contributed by atoms with Crippen molar-refractivity contribution in [1.82, 2.24) is 0 Å². The van der Waals surface area contributed by atoms with Gasteiger partial charge in [-0.3, -0.25) is 10.1 Å². The quantitative estimate of drug-likeness (QED) is 0.444. The Balaban J connectivity index is 2.47. The van der Waals surface area contributed by atoms with Gasteiger partial charge in [0.2, 0.25) is 10.0 Å². The fraction of sp³-hybridized carbons (Fsp3) is 0.250. The van der Waals surface area contributed by atoms with Crippen LogP contribution >= 0.6 is 15.9 Å². The lowest BCUT2D eigenvalue weighted by molar-refractivity contribution is -0.384. The zero-order valence-electron chi connectivity index (χ0n) is 13.8. The van der Waals surface area contributed by atoms with Gasteiger partial charge in [0, 0.05) is 23.1 Å². The van der Waals surface area contributed by atoms with Crippen LogP contribution in [-0.2, 0) is 10.0 Å². The van der Waals surface area contributed by atoms with E-state index >= 15 is 0 Å². The highest BCUT2D eigenvalue weighted by Gasteiger charge is 2.24. The van der Waals surface area contributed by atoms with Crippen molar-refractivity contribution in [2.45, 2.75) is 17.9 Å². The van der Waals surface area contributed by atoms with Gasteiger partial charge in [-0.2, -0.15) is 0 Å². The van der Waals surface area contributed by atoms with Crippen LogP contribution in [-0.4, -0.2) is 25.1 Å². The van der Waals surface area contributed by atoms with E-state index in [-0.39, 0.29) is 23.1 Å². The highest BCUT2D eigenvalue weighted by Crippen LogP contribution is 2.33. The molecule has 0 amide bonds. The summed E-state index contributed by atoms with van der Waals surface area (Å²) in [5.74, 6) is -0.256. The normalized spacial score (nSPS) is 13.8. The minimum Gasteiger partial charge on any atom is -0.396 e. The number of benzene rings is 2. The maximum absolute atomic E-state index is 11.4. The zero-order valence-corrected chi connectivity index (χ0v) is 16.2. The van der Waals surface area contributed by atoms with E-state index < -0.39 is 26.7 Å². The number of nitrogens with two attached hydrogens (primary N) is 1. The van der Waals surface area contributed by atoms with Crippen LogP contribution in [0.1, 0.15) is 18.5 Å². The van der Waals surface area contributed by atoms with Crippen molar-refractivity contribution in [3.8, 4) is 0 Å². The van der Waals surface area contributed by atoms with Crippen LogP contribution in [0.2, 0.25) is 0 Å². The molecule has 0 saturated carbocycles. The van der Waals surface area contributed by atoms with Crippen LogP contribution in [0.15, 0.2) is 51.8 Å². The van der Waals surface area contributed by atoms with Crippen molar-refractivity contribution < 1.29 is 18.4 Å². The average molecular weight is 444 g/mol. The van der Waals surface area contributed by atoms with Crippen LogP contribution in [0.3, 0.4) is 0 Å². The fourth-order valence-electron chi connectivity index (χ4n) is 2.46. The number of primary sulfonamides is 1. The van der Waals surface area contributed by atoms with Crippen molar-refractivity contribution in [2.75, 3.05) is 11.9 Å². The maximum atomic E-state index is 11.4. The van der Waals surface area contributed by atoms with Gasteiger partial charge >= 0.3 is 0 Å². The molecule has 2 rings (SSSR count). The molecule has 2 aromatic carbocycles. The summed E-state index contributed by atoms with van der Waals surface area (Å²) in [6, 6.07) is 10.3. The predicted octanol–water partition coefficient (Wildman–Crippen LogP) is 2.79. The van der Waals surface area contributed by atoms with E-state index in [1.807, 2.05) is 24.3 Å². The van der Waals surface area contributed by atoms with Crippen molar-refractivity contribution in [1.29, 1.82) is 0 Å². The summed E-state index contributed by atoms with van der Waals surface area (Å²) < 4.78 is 23.8. The fourth-order valence-corrected chi connectivity index (χ4v) is 3.26. The van der Waals surface area contributed by atoms with E-state index in [0.29, 0.717) is 0 Å². The number of sulfonamides is 1. The number of rotatable bonds is 7. The monoisotopic (exact) mass is 443 g/mol. The largest absolute Gasteiger partial charge is 0.396 e. The van der Waals surface area contributed by atoms with Crippen LogP contribution in [0.4, 0.5) is 11.4 Å². The Kier molecular flexibility index (Phi) is 6.34. The molecule has 10 heteroatoms. The molecular formula is C16H18BrN3O5S. The van der Waals surface area contributed by atoms with Crippen LogP contribution in [0.5, 0.6) is 0 Å². The van der Waals surface area contributed by atoms with Crippen molar-refractivity contribution in [3.63, 3.8) is 0 Å². The van der Waals surface area contributed by atoms with E-state index in [0.717, 1.165) is 16.1 Å². The van der Waals surface area contributed by atoms with Gasteiger partial charge in [-0.25, -0.2) is 13.6 Å². The highest BCUT2D eigenvalue weighted by atomic mass is 79.9. The molecule has 140 valence electrons. The van der Waals surface area contributed by atoms with Crippen molar-refractivity contribution >= 4 is 37.3 Å². The summed E-state index contributed by atoms with van der Waals surface area (Å²) in [5.41, 5.74) is 0.541. The first kappa shape index (κ1) is 20.3. The van der Waals surface area contributed by atoms with E-state index in [1.54, 1.807) is 6.92 Å². The second-order valence-corrected chi connectivity index (χ2v) is 8.29. The molecule has 0 aliphatic carbocycles. The van der Waals surface area contributed by atoms with E-state index in [1.165, 1.54) is 12.1 Å². The molecule has 0 bridgehead atoms. The molecule has 4 N–H and O–H groups in total. The summed E-state index contributed by atoms with van der Waals surface area (Å²) in [5, 5.41) is 29.0. The molecule has 0 saturated heterocycles. The molecule has 0 radical (unpaired) electrons. The Bertz CT molecular complexity index is 903. The summed E-state index contributed by atoms with van der Waals surface area (Å²) in [7, 11) is -4.06. The number of nitro benzene ring substituents is 1. The van der Waals surface area contributed by atoms with Crippen LogP contribution < -0.4 is 10.5 Å². The molecule has 0 spiro atoms. The molecule has 0 aromatic heterocycles. The summed E-state index contributed by atoms with van der Waals surface area (Å²) in [4.78, 5) is 10.4. The molecule has 8 nitrogen and oxygen atoms in total. The molecule has 26 heavy (non-hydrogen) atoms. The van der Waals surface area contributed by atoms with Crippen molar-refractivity contribution in [3.05, 3.63) is 62.6 Å². The molecule has 0 aliphatic rings. The number of nitro groups is 1. The van der Waals surface area contributed by atoms with Gasteiger partial charge in [0.1, 0.15) is 5.69 Å². The summed E-state index contributed by atoms with van der Waals surface area (Å²) >= 11 is 3.34. The van der Waals surface area contributed by atoms with Gasteiger partial charge in [-0.15, -0.1) is 0 Å². The van der Waals surface area contributed by atoms with Gasteiger partial charge in [0.15, 0.2) is 0 Å². The lowest BCUT2D eigenvalue weighted by atomic mass is 9.94. The third-order valence-electron chi connectivity index (χ3n) is 3.89. The first-order chi connectivity index (χ1) is 12.1. The Morgan fingerprint density at radius 2 is 1.88 bits per heavy atom. The molecule has 0 unspecified atom stereocenters. The maximum Gasteiger partial charge on any atom is 0.293 e. The average Bonchev–Trinajstić information content (AvgIpc) is 2.59. The summed E-state index contributed by atoms with van der Waals surface area (Å²) in [6.45, 7) is 1.65. The molecule has 0 fully saturated rings. The number of anilines is 1. The second kappa shape index (κ2) is 8.12. The minimum absolute atomic E-state index is 0.135. The molecule has 2 atom stereocenters. The van der Waals surface area contributed by atoms with Gasteiger partial charge in [0.25, 0.3) is 5.69 Å². The Morgan fingerprint density at radius 3 is 2.38 bits per heavy atom. The van der Waals surface area contributed by atoms with Crippen LogP contribution in [0, 0.1) is 16.0 Å². The van der Waals surface area contributed by atoms with E-state index in [4.69, 9.17) is 5.14 Å². The highest BCUT2D eigenvalue weighted by molar-refractivity contribution is 9.10. The predicted molar refractivity (Wildman–Crippen MR) is 101 cm³/mol. The molecule has 0 heterocycles. The number of aliphatic hydroxyl groups is 1. The van der Waals surface area contributed by atoms with Gasteiger partial charge in [-0.1, -0.05) is 35.0 Å². The number of halogens is 1. The lowest BCUT2D eigenvalue weighted by Gasteiger charge is -2.25. The van der Waals surface area contributed by atoms with E-state index in [2.05, 4.69) is 21.2 Å². The third kappa shape index (κ3) is 4.79. The number of hydrogen-bond acceptors (Lipinski definition) is 6. The SMILES string of the molecule is C[C@@H](CO)[C@@H](Nc1ccc(S(N)(=O)=O)cc1[N+](=O)[O-])c1ccc(Br)cc1. The third-order valence-corrected chi connectivity index (χ3v) is 5.33. The number of aliphatic hydroxyl groups excluding tert-OH is 1. The first-order valence-corrected chi connectivity index (χ1v) is 9.91. The van der Waals surface area contributed by atoms with Gasteiger partial charge < -0.3 is 10.4 Å². The lowest BCUT2D eigenvalue weighted by Crippen LogP contribution is -2.22. The smallest absolute Gasteiger partial charge is 0.293 e. The standard InChI is InChI=1S/C16H18BrN3O5S/c1-10(9-21)16(11-2-4-12(17)5-3-11)19-14-7-6-13(26(18,24)25)8-15(14)20(22)23/h2-8,10,16,19,21H,9H2,1H3,(H2,18,24,25)/t10-,16+/m0/s1. The van der Waals surface area contributed by atoms with Crippen LogP contribution in [0.25, 0.3) is 0 Å². The Labute approximate surface area is 159 Å². The Hall–Kier alpha value is -2.01. The van der Waals surface area contributed by atoms with Gasteiger partial charge in [0.05, 0.1) is 15.9 Å². The second-order valence-electron chi connectivity index (χ2n) is 5.81. The first-order valence-electron chi connectivity index (χ1n) is 7.57. The number of nitrogens with zero attached hydrogens (tertiary/aromatic N) is 1. The molecule has 0 aliphatic heterocycles. The molecular weight excluding hydrogens is 426 g/mol. The minimum atomic E-state index is -4.06. The number of hydrogen-bond donors (Lipinski definition) is 3. The van der Waals surface area contributed by atoms with Crippen molar-refractivity contribution in [2.24, 2.45) is 11.1 Å². The molecule has 2 aromatic rings. The number of nitrogens with one attached hydrogen (secondary N) is 1.